The van der Waals surface area contributed by atoms with E-state index < -0.39 is 59.3 Å². The molecule has 4 rings (SSSR count). The zero-order valence-electron chi connectivity index (χ0n) is 21.4. The van der Waals surface area contributed by atoms with E-state index in [2.05, 4.69) is 21.2 Å². The standard InChI is InChI=1S/C26H27BrN2O10/c1-11-15(36-24-18(31)20(38-25(28)34)21(35-4)26(2,3)39-24)9-8-14-17(30)16(23(33)37-19(11)14)29-22(32)12-6-5-7-13(27)10-12/h5-10,18,20-21,24,30-31H,1-4H3,(H2,28,34)(H,29,32)/t18-,20+,21-,24-/m1/s1. The number of amides is 2. The molecule has 1 aliphatic heterocycles. The van der Waals surface area contributed by atoms with Gasteiger partial charge in [0.2, 0.25) is 6.29 Å². The molecule has 1 aliphatic rings. The van der Waals surface area contributed by atoms with E-state index in [1.807, 2.05) is 0 Å². The minimum atomic E-state index is -1.50. The molecule has 3 aromatic rings. The van der Waals surface area contributed by atoms with Crippen molar-refractivity contribution in [2.45, 2.75) is 51.0 Å². The zero-order chi connectivity index (χ0) is 28.6. The molecule has 39 heavy (non-hydrogen) atoms. The van der Waals surface area contributed by atoms with Crippen molar-refractivity contribution in [2.24, 2.45) is 5.73 Å². The molecule has 0 unspecified atom stereocenters. The molecular formula is C26H27BrN2O10. The molecular weight excluding hydrogens is 580 g/mol. The Hall–Kier alpha value is -3.65. The normalized spacial score (nSPS) is 22.3. The van der Waals surface area contributed by atoms with Crippen LogP contribution < -0.4 is 21.4 Å². The fourth-order valence-electron chi connectivity index (χ4n) is 4.49. The van der Waals surface area contributed by atoms with Crippen molar-refractivity contribution in [3.8, 4) is 11.5 Å². The number of aliphatic hydroxyl groups is 1. The first kappa shape index (κ1) is 28.4. The fourth-order valence-corrected chi connectivity index (χ4v) is 4.89. The molecule has 5 N–H and O–H groups in total. The Labute approximate surface area is 230 Å². The molecule has 0 aliphatic carbocycles. The number of aromatic hydroxyl groups is 1. The predicted octanol–water partition coefficient (Wildman–Crippen LogP) is 3.18. The highest BCUT2D eigenvalue weighted by Crippen LogP contribution is 2.38. The number of benzene rings is 2. The average Bonchev–Trinajstić information content (AvgIpc) is 2.86. The Balaban J connectivity index is 1.66. The molecule has 2 heterocycles. The van der Waals surface area contributed by atoms with Crippen LogP contribution in [-0.4, -0.2) is 59.5 Å². The number of hydrogen-bond acceptors (Lipinski definition) is 10. The fraction of sp³-hybridized carbons (Fsp3) is 0.346. The number of aliphatic hydroxyl groups excluding tert-OH is 1. The van der Waals surface area contributed by atoms with Gasteiger partial charge in [-0.15, -0.1) is 0 Å². The Bertz CT molecular complexity index is 1490. The number of hydrogen-bond donors (Lipinski definition) is 4. The highest BCUT2D eigenvalue weighted by Gasteiger charge is 2.53. The number of nitrogens with one attached hydrogen (secondary N) is 1. The highest BCUT2D eigenvalue weighted by atomic mass is 79.9. The first-order chi connectivity index (χ1) is 18.3. The first-order valence-electron chi connectivity index (χ1n) is 11.7. The molecule has 13 heteroatoms. The van der Waals surface area contributed by atoms with Gasteiger partial charge in [-0.1, -0.05) is 22.0 Å². The summed E-state index contributed by atoms with van der Waals surface area (Å²) in [5, 5.41) is 24.2. The molecule has 2 amide bonds. The third-order valence-corrected chi connectivity index (χ3v) is 6.83. The van der Waals surface area contributed by atoms with Crippen molar-refractivity contribution in [1.29, 1.82) is 0 Å². The highest BCUT2D eigenvalue weighted by molar-refractivity contribution is 9.10. The zero-order valence-corrected chi connectivity index (χ0v) is 23.0. The van der Waals surface area contributed by atoms with E-state index in [0.29, 0.717) is 10.0 Å². The topological polar surface area (TPSA) is 180 Å². The lowest BCUT2D eigenvalue weighted by Gasteiger charge is -2.47. The van der Waals surface area contributed by atoms with Crippen LogP contribution in [0.2, 0.25) is 0 Å². The van der Waals surface area contributed by atoms with Gasteiger partial charge in [0.05, 0.1) is 11.0 Å². The SMILES string of the molecule is CO[C@@H]1[C@@H](OC(N)=O)[C@@H](O)[C@H](Oc2ccc3c(O)c(NC(=O)c4cccc(Br)c4)c(=O)oc3c2C)OC1(C)C. The molecule has 0 bridgehead atoms. The number of aryl methyl sites for hydroxylation is 1. The molecule has 12 nitrogen and oxygen atoms in total. The molecule has 1 fully saturated rings. The number of fused-ring (bicyclic) bond motifs is 1. The summed E-state index contributed by atoms with van der Waals surface area (Å²) >= 11 is 3.28. The minimum Gasteiger partial charge on any atom is -0.505 e. The number of methoxy groups -OCH3 is 1. The summed E-state index contributed by atoms with van der Waals surface area (Å²) in [6.07, 6.45) is -6.02. The van der Waals surface area contributed by atoms with Crippen molar-refractivity contribution < 1.29 is 43.2 Å². The third-order valence-electron chi connectivity index (χ3n) is 6.34. The Morgan fingerprint density at radius 1 is 1.21 bits per heavy atom. The summed E-state index contributed by atoms with van der Waals surface area (Å²) in [5.74, 6) is -0.972. The van der Waals surface area contributed by atoms with Gasteiger partial charge in [0.1, 0.15) is 17.4 Å². The van der Waals surface area contributed by atoms with Gasteiger partial charge in [-0.05, 0) is 51.1 Å². The summed E-state index contributed by atoms with van der Waals surface area (Å²) in [4.78, 5) is 36.9. The van der Waals surface area contributed by atoms with Crippen molar-refractivity contribution in [1.82, 2.24) is 0 Å². The van der Waals surface area contributed by atoms with E-state index in [1.54, 1.807) is 45.0 Å². The van der Waals surface area contributed by atoms with Crippen LogP contribution in [0.3, 0.4) is 0 Å². The number of carbonyl (C=O) groups excluding carboxylic acids is 2. The lowest BCUT2D eigenvalue weighted by molar-refractivity contribution is -0.304. The number of rotatable bonds is 6. The smallest absolute Gasteiger partial charge is 0.404 e. The number of ether oxygens (including phenoxy) is 4. The van der Waals surface area contributed by atoms with E-state index in [9.17, 15) is 24.6 Å². The predicted molar refractivity (Wildman–Crippen MR) is 142 cm³/mol. The van der Waals surface area contributed by atoms with Gasteiger partial charge in [-0.2, -0.15) is 0 Å². The van der Waals surface area contributed by atoms with E-state index in [-0.39, 0.29) is 22.3 Å². The van der Waals surface area contributed by atoms with E-state index in [1.165, 1.54) is 19.2 Å². The van der Waals surface area contributed by atoms with Gasteiger partial charge in [-0.3, -0.25) is 4.79 Å². The van der Waals surface area contributed by atoms with Crippen molar-refractivity contribution in [3.63, 3.8) is 0 Å². The summed E-state index contributed by atoms with van der Waals surface area (Å²) < 4.78 is 28.4. The molecule has 1 saturated heterocycles. The quantitative estimate of drug-likeness (QED) is 0.304. The van der Waals surface area contributed by atoms with Crippen molar-refractivity contribution in [2.75, 3.05) is 12.4 Å². The van der Waals surface area contributed by atoms with Gasteiger partial charge < -0.3 is 44.6 Å². The van der Waals surface area contributed by atoms with Crippen molar-refractivity contribution in [3.05, 3.63) is 62.4 Å². The second-order valence-electron chi connectivity index (χ2n) is 9.40. The molecule has 1 aromatic heterocycles. The largest absolute Gasteiger partial charge is 0.505 e. The third kappa shape index (κ3) is 5.57. The van der Waals surface area contributed by atoms with Crippen LogP contribution in [0.25, 0.3) is 11.0 Å². The number of primary amides is 1. The maximum atomic E-state index is 12.8. The molecule has 4 atom stereocenters. The Kier molecular flexibility index (Phi) is 7.89. The number of nitrogens with two attached hydrogens (primary N) is 1. The first-order valence-corrected chi connectivity index (χ1v) is 12.5. The molecule has 0 saturated carbocycles. The maximum absolute atomic E-state index is 12.8. The van der Waals surface area contributed by atoms with Gasteiger partial charge in [0, 0.05) is 22.7 Å². The van der Waals surface area contributed by atoms with Crippen LogP contribution >= 0.6 is 15.9 Å². The number of halogens is 1. The van der Waals surface area contributed by atoms with E-state index in [0.717, 1.165) is 0 Å². The van der Waals surface area contributed by atoms with Crippen LogP contribution in [0.4, 0.5) is 10.5 Å². The second-order valence-corrected chi connectivity index (χ2v) is 10.3. The summed E-state index contributed by atoms with van der Waals surface area (Å²) in [6.45, 7) is 4.89. The summed E-state index contributed by atoms with van der Waals surface area (Å²) in [5.41, 5.74) is 3.23. The van der Waals surface area contributed by atoms with E-state index in [4.69, 9.17) is 29.1 Å². The molecule has 2 aromatic carbocycles. The molecule has 0 radical (unpaired) electrons. The number of anilines is 1. The van der Waals surface area contributed by atoms with Gasteiger partial charge in [0.15, 0.2) is 23.6 Å². The Morgan fingerprint density at radius 3 is 2.56 bits per heavy atom. The van der Waals surface area contributed by atoms with E-state index >= 15 is 0 Å². The monoisotopic (exact) mass is 606 g/mol. The summed E-state index contributed by atoms with van der Waals surface area (Å²) in [7, 11) is 1.37. The van der Waals surface area contributed by atoms with Gasteiger partial charge >= 0.3 is 11.7 Å². The maximum Gasteiger partial charge on any atom is 0.404 e. The lowest BCUT2D eigenvalue weighted by Crippen LogP contribution is -2.65. The van der Waals surface area contributed by atoms with Crippen LogP contribution in [0.1, 0.15) is 29.8 Å². The van der Waals surface area contributed by atoms with Crippen LogP contribution in [0, 0.1) is 6.92 Å². The second kappa shape index (κ2) is 10.8. The minimum absolute atomic E-state index is 0.0142. The van der Waals surface area contributed by atoms with Gasteiger partial charge in [0.25, 0.3) is 5.91 Å². The van der Waals surface area contributed by atoms with Crippen molar-refractivity contribution >= 4 is 44.6 Å². The summed E-state index contributed by atoms with van der Waals surface area (Å²) in [6, 6.07) is 9.37. The molecule has 208 valence electrons. The van der Waals surface area contributed by atoms with Crippen LogP contribution in [0.15, 0.2) is 50.1 Å². The average molecular weight is 607 g/mol. The van der Waals surface area contributed by atoms with Crippen LogP contribution in [-0.2, 0) is 14.2 Å². The Morgan fingerprint density at radius 2 is 1.92 bits per heavy atom. The van der Waals surface area contributed by atoms with Gasteiger partial charge in [-0.25, -0.2) is 9.59 Å². The lowest BCUT2D eigenvalue weighted by atomic mass is 9.89. The van der Waals surface area contributed by atoms with Crippen LogP contribution in [0.5, 0.6) is 11.5 Å². The number of carbonyl (C=O) groups is 2. The molecule has 0 spiro atoms.